The highest BCUT2D eigenvalue weighted by Crippen LogP contribution is 2.25. The zero-order valence-corrected chi connectivity index (χ0v) is 14.9. The number of hydrogen-bond acceptors (Lipinski definition) is 6. The first-order valence-corrected chi connectivity index (χ1v) is 8.44. The fraction of sp³-hybridized carbons (Fsp3) is 0.421. The van der Waals surface area contributed by atoms with Gasteiger partial charge in [0.05, 0.1) is 17.8 Å². The molecular formula is C19H23N5O. The van der Waals surface area contributed by atoms with Crippen LogP contribution in [-0.4, -0.2) is 48.2 Å². The van der Waals surface area contributed by atoms with Crippen LogP contribution >= 0.6 is 0 Å². The maximum Gasteiger partial charge on any atom is 0.146 e. The fourth-order valence-corrected chi connectivity index (χ4v) is 3.02. The highest BCUT2D eigenvalue weighted by atomic mass is 16.5. The van der Waals surface area contributed by atoms with E-state index in [9.17, 15) is 5.26 Å². The van der Waals surface area contributed by atoms with Crippen molar-refractivity contribution >= 4 is 5.82 Å². The van der Waals surface area contributed by atoms with Crippen molar-refractivity contribution in [1.29, 1.82) is 5.26 Å². The minimum Gasteiger partial charge on any atom is -0.488 e. The van der Waals surface area contributed by atoms with Gasteiger partial charge in [0, 0.05) is 37.5 Å². The summed E-state index contributed by atoms with van der Waals surface area (Å²) in [5.74, 6) is 1.60. The van der Waals surface area contributed by atoms with Gasteiger partial charge in [-0.2, -0.15) is 5.26 Å². The lowest BCUT2D eigenvalue weighted by Crippen LogP contribution is -2.26. The molecule has 1 unspecified atom stereocenters. The lowest BCUT2D eigenvalue weighted by molar-refractivity contribution is 0.224. The minimum absolute atomic E-state index is 0.0865. The third kappa shape index (κ3) is 4.25. The predicted octanol–water partition coefficient (Wildman–Crippen LogP) is 2.38. The molecule has 1 saturated heterocycles. The number of ether oxygens (including phenoxy) is 1. The van der Waals surface area contributed by atoms with Crippen LogP contribution in [0, 0.1) is 18.3 Å². The van der Waals surface area contributed by atoms with Gasteiger partial charge in [0.25, 0.3) is 0 Å². The zero-order valence-electron chi connectivity index (χ0n) is 14.9. The van der Waals surface area contributed by atoms with Gasteiger partial charge in [-0.25, -0.2) is 4.98 Å². The average Bonchev–Trinajstić information content (AvgIpc) is 3.03. The number of aryl methyl sites for hydroxylation is 1. The van der Waals surface area contributed by atoms with E-state index in [1.165, 1.54) is 0 Å². The van der Waals surface area contributed by atoms with Crippen molar-refractivity contribution in [3.63, 3.8) is 0 Å². The molecule has 2 aromatic heterocycles. The normalized spacial score (nSPS) is 16.9. The van der Waals surface area contributed by atoms with E-state index < -0.39 is 0 Å². The van der Waals surface area contributed by atoms with Gasteiger partial charge in [-0.1, -0.05) is 0 Å². The summed E-state index contributed by atoms with van der Waals surface area (Å²) in [6.45, 7) is 4.30. The van der Waals surface area contributed by atoms with E-state index in [4.69, 9.17) is 4.74 Å². The van der Waals surface area contributed by atoms with Crippen LogP contribution in [0.2, 0.25) is 0 Å². The molecule has 0 radical (unpaired) electrons. The zero-order chi connectivity index (χ0) is 17.8. The van der Waals surface area contributed by atoms with Crippen LogP contribution in [-0.2, 0) is 6.54 Å². The molecule has 3 rings (SSSR count). The highest BCUT2D eigenvalue weighted by Gasteiger charge is 2.27. The van der Waals surface area contributed by atoms with Gasteiger partial charge >= 0.3 is 0 Å². The second-order valence-electron chi connectivity index (χ2n) is 6.63. The van der Waals surface area contributed by atoms with Crippen molar-refractivity contribution in [2.45, 2.75) is 26.0 Å². The maximum atomic E-state index is 9.31. The molecule has 25 heavy (non-hydrogen) atoms. The second-order valence-corrected chi connectivity index (χ2v) is 6.63. The van der Waals surface area contributed by atoms with Gasteiger partial charge in [-0.3, -0.25) is 4.98 Å². The summed E-state index contributed by atoms with van der Waals surface area (Å²) in [5.41, 5.74) is 2.52. The first-order valence-electron chi connectivity index (χ1n) is 8.44. The number of nitrogens with zero attached hydrogens (tertiary/aromatic N) is 5. The third-order valence-electron chi connectivity index (χ3n) is 4.15. The molecule has 6 nitrogen and oxygen atoms in total. The van der Waals surface area contributed by atoms with E-state index in [1.54, 1.807) is 6.20 Å². The molecule has 0 aliphatic carbocycles. The van der Waals surface area contributed by atoms with E-state index in [2.05, 4.69) is 25.8 Å². The molecule has 6 heteroatoms. The smallest absolute Gasteiger partial charge is 0.146 e. The van der Waals surface area contributed by atoms with Crippen LogP contribution in [0.1, 0.15) is 23.4 Å². The van der Waals surface area contributed by atoms with E-state index in [0.717, 1.165) is 49.0 Å². The summed E-state index contributed by atoms with van der Waals surface area (Å²) in [5, 5.41) is 9.31. The predicted molar refractivity (Wildman–Crippen MR) is 96.6 cm³/mol. The van der Waals surface area contributed by atoms with Crippen molar-refractivity contribution in [2.24, 2.45) is 0 Å². The van der Waals surface area contributed by atoms with Crippen LogP contribution in [0.4, 0.5) is 5.82 Å². The monoisotopic (exact) mass is 337 g/mol. The summed E-state index contributed by atoms with van der Waals surface area (Å²) >= 11 is 0. The summed E-state index contributed by atoms with van der Waals surface area (Å²) in [6.07, 6.45) is 2.78. The average molecular weight is 337 g/mol. The summed E-state index contributed by atoms with van der Waals surface area (Å²) in [7, 11) is 4.04. The van der Waals surface area contributed by atoms with Crippen molar-refractivity contribution in [2.75, 3.05) is 32.1 Å². The second kappa shape index (κ2) is 7.49. The third-order valence-corrected chi connectivity index (χ3v) is 4.15. The Morgan fingerprint density at radius 1 is 1.36 bits per heavy atom. The van der Waals surface area contributed by atoms with E-state index in [-0.39, 0.29) is 6.10 Å². The first-order chi connectivity index (χ1) is 12.0. The summed E-state index contributed by atoms with van der Waals surface area (Å²) in [4.78, 5) is 13.1. The van der Waals surface area contributed by atoms with E-state index in [0.29, 0.717) is 5.56 Å². The van der Waals surface area contributed by atoms with Crippen molar-refractivity contribution in [3.05, 3.63) is 47.4 Å². The Bertz CT molecular complexity index is 784. The van der Waals surface area contributed by atoms with Crippen LogP contribution in [0.3, 0.4) is 0 Å². The minimum atomic E-state index is 0.0865. The van der Waals surface area contributed by atoms with Crippen LogP contribution in [0.15, 0.2) is 30.5 Å². The van der Waals surface area contributed by atoms with Crippen molar-refractivity contribution in [3.8, 4) is 11.8 Å². The maximum absolute atomic E-state index is 9.31. The first kappa shape index (κ1) is 17.2. The van der Waals surface area contributed by atoms with Gasteiger partial charge in [0.15, 0.2) is 0 Å². The van der Waals surface area contributed by atoms with Crippen molar-refractivity contribution in [1.82, 2.24) is 14.9 Å². The lowest BCUT2D eigenvalue weighted by Gasteiger charge is -2.19. The Balaban J connectivity index is 1.68. The molecule has 0 aromatic carbocycles. The number of anilines is 1. The van der Waals surface area contributed by atoms with Gasteiger partial charge in [0.2, 0.25) is 0 Å². The molecule has 0 saturated carbocycles. The molecule has 0 N–H and O–H groups in total. The van der Waals surface area contributed by atoms with Crippen LogP contribution in [0.5, 0.6) is 5.75 Å². The molecular weight excluding hydrogens is 314 g/mol. The number of rotatable bonds is 5. The fourth-order valence-electron chi connectivity index (χ4n) is 3.02. The molecule has 3 heterocycles. The number of aromatic nitrogens is 2. The molecule has 1 aliphatic heterocycles. The Morgan fingerprint density at radius 3 is 2.96 bits per heavy atom. The van der Waals surface area contributed by atoms with E-state index in [1.807, 2.05) is 45.3 Å². The van der Waals surface area contributed by atoms with Gasteiger partial charge in [-0.15, -0.1) is 0 Å². The topological polar surface area (TPSA) is 65.3 Å². The number of hydrogen-bond donors (Lipinski definition) is 0. The molecule has 0 spiro atoms. The number of pyridine rings is 2. The molecule has 0 bridgehead atoms. The molecule has 2 aromatic rings. The van der Waals surface area contributed by atoms with Gasteiger partial charge in [-0.05, 0) is 39.2 Å². The molecule has 1 aliphatic rings. The Morgan fingerprint density at radius 2 is 2.20 bits per heavy atom. The molecule has 1 atom stereocenters. The van der Waals surface area contributed by atoms with Crippen LogP contribution in [0.25, 0.3) is 0 Å². The summed E-state index contributed by atoms with van der Waals surface area (Å²) in [6, 6.07) is 9.83. The number of nitriles is 1. The Labute approximate surface area is 148 Å². The lowest BCUT2D eigenvalue weighted by atomic mass is 10.2. The molecule has 1 fully saturated rings. The quantitative estimate of drug-likeness (QED) is 0.834. The highest BCUT2D eigenvalue weighted by molar-refractivity contribution is 5.55. The standard InChI is InChI=1S/C19H23N5O/c1-14-4-5-15(11-20)19(22-14)24-9-7-18(13-24)25-17-6-8-21-16(10-17)12-23(2)3/h4-6,8,10,18H,7,9,12-13H2,1-3H3. The largest absolute Gasteiger partial charge is 0.488 e. The molecule has 0 amide bonds. The Kier molecular flexibility index (Phi) is 5.15. The van der Waals surface area contributed by atoms with Crippen molar-refractivity contribution < 1.29 is 4.74 Å². The van der Waals surface area contributed by atoms with Gasteiger partial charge < -0.3 is 14.5 Å². The van der Waals surface area contributed by atoms with E-state index >= 15 is 0 Å². The van der Waals surface area contributed by atoms with Gasteiger partial charge in [0.1, 0.15) is 23.7 Å². The van der Waals surface area contributed by atoms with Crippen LogP contribution < -0.4 is 9.64 Å². The summed E-state index contributed by atoms with van der Waals surface area (Å²) < 4.78 is 6.14. The molecule has 130 valence electrons. The SMILES string of the molecule is Cc1ccc(C#N)c(N2CCC(Oc3ccnc(CN(C)C)c3)C2)n1. The Hall–Kier alpha value is -2.65.